The van der Waals surface area contributed by atoms with Gasteiger partial charge in [-0.2, -0.15) is 0 Å². The number of aliphatic hydroxyl groups is 2. The number of methoxy groups -OCH3 is 1. The van der Waals surface area contributed by atoms with Crippen LogP contribution >= 0.6 is 0 Å². The molecule has 1 heterocycles. The van der Waals surface area contributed by atoms with Crippen LogP contribution in [-0.2, 0) is 44.6 Å². The summed E-state index contributed by atoms with van der Waals surface area (Å²) in [6.45, 7) is 2.87. The van der Waals surface area contributed by atoms with Gasteiger partial charge in [-0.15, -0.1) is 0 Å². The molecule has 250 valence electrons. The summed E-state index contributed by atoms with van der Waals surface area (Å²) in [7, 11) is 1.28. The van der Waals surface area contributed by atoms with Gasteiger partial charge in [0.15, 0.2) is 11.9 Å². The van der Waals surface area contributed by atoms with Gasteiger partial charge >= 0.3 is 18.0 Å². The molecule has 1 aromatic carbocycles. The van der Waals surface area contributed by atoms with E-state index >= 15 is 0 Å². The van der Waals surface area contributed by atoms with E-state index in [2.05, 4.69) is 21.3 Å². The summed E-state index contributed by atoms with van der Waals surface area (Å²) in [5.41, 5.74) is 0.690. The largest absolute Gasteiger partial charge is 0.481 e. The van der Waals surface area contributed by atoms with Crippen molar-refractivity contribution in [2.24, 2.45) is 0 Å². The van der Waals surface area contributed by atoms with Gasteiger partial charge in [0.25, 0.3) is 0 Å². The van der Waals surface area contributed by atoms with Crippen LogP contribution in [0.4, 0.5) is 4.79 Å². The molecular weight excluding hydrogens is 600 g/mol. The SMILES string of the molecule is CO[C@@]1(Cc2ccccc2)O[C@H](CO)[C@@H](O)[C@H](OC(=O)NC(C)C(=O)NC(CCC(=O)O)C(=O)NC(C)C(=O)O)[C@H]1NC(C)=O. The van der Waals surface area contributed by atoms with Gasteiger partial charge in [0, 0.05) is 26.9 Å². The lowest BCUT2D eigenvalue weighted by atomic mass is 9.86. The number of hydrogen-bond donors (Lipinski definition) is 8. The Morgan fingerprint density at radius 3 is 2.16 bits per heavy atom. The van der Waals surface area contributed by atoms with Crippen LogP contribution in [-0.4, -0.2) is 118 Å². The van der Waals surface area contributed by atoms with Crippen LogP contribution in [0.2, 0.25) is 0 Å². The number of alkyl carbamates (subject to hydrolysis) is 1. The summed E-state index contributed by atoms with van der Waals surface area (Å²) in [6.07, 6.45) is -6.71. The number of benzene rings is 1. The van der Waals surface area contributed by atoms with Crippen molar-refractivity contribution >= 4 is 35.8 Å². The topological polar surface area (TPSA) is 259 Å². The highest BCUT2D eigenvalue weighted by Crippen LogP contribution is 2.35. The van der Waals surface area contributed by atoms with Crippen molar-refractivity contribution in [1.82, 2.24) is 21.3 Å². The fourth-order valence-corrected chi connectivity index (χ4v) is 4.64. The van der Waals surface area contributed by atoms with E-state index in [4.69, 9.17) is 24.4 Å². The smallest absolute Gasteiger partial charge is 0.408 e. The minimum absolute atomic E-state index is 0.000907. The number of hydrogen-bond acceptors (Lipinski definition) is 11. The first-order valence-corrected chi connectivity index (χ1v) is 14.0. The number of ether oxygens (including phenoxy) is 3. The standard InChI is InChI=1S/C28H40N4O13/c1-14(24(38)32-18(10-11-20(35)36)25(39)29-15(2)26(40)41)30-27(42)44-22-21(37)19(13-33)45-28(43-4,23(22)31-16(3)34)12-17-8-6-5-7-9-17/h5-9,14-15,18-19,21-23,33,37H,10-13H2,1-4H3,(H,29,39)(H,30,42)(H,31,34)(H,32,38)(H,35,36)(H,40,41)/t14?,15?,18?,19-,21-,22+,23-,28+/m1/s1. The van der Waals surface area contributed by atoms with Crippen LogP contribution in [0.1, 0.15) is 39.2 Å². The number of nitrogens with one attached hydrogen (secondary N) is 4. The zero-order valence-corrected chi connectivity index (χ0v) is 25.2. The monoisotopic (exact) mass is 640 g/mol. The maximum absolute atomic E-state index is 13.0. The number of carboxylic acids is 2. The van der Waals surface area contributed by atoms with E-state index in [1.165, 1.54) is 27.9 Å². The van der Waals surface area contributed by atoms with Crippen LogP contribution in [0.15, 0.2) is 30.3 Å². The molecule has 1 saturated heterocycles. The van der Waals surface area contributed by atoms with Crippen molar-refractivity contribution in [2.45, 2.75) is 88.3 Å². The van der Waals surface area contributed by atoms with Crippen LogP contribution in [0.5, 0.6) is 0 Å². The molecule has 1 aromatic rings. The van der Waals surface area contributed by atoms with E-state index in [9.17, 15) is 39.0 Å². The summed E-state index contributed by atoms with van der Waals surface area (Å²) < 4.78 is 17.1. The van der Waals surface area contributed by atoms with Crippen molar-refractivity contribution in [2.75, 3.05) is 13.7 Å². The first kappa shape index (κ1) is 36.9. The van der Waals surface area contributed by atoms with Crippen LogP contribution in [0.25, 0.3) is 0 Å². The second-order valence-electron chi connectivity index (χ2n) is 10.5. The van der Waals surface area contributed by atoms with E-state index in [1.807, 2.05) is 0 Å². The third-order valence-corrected chi connectivity index (χ3v) is 7.03. The lowest BCUT2D eigenvalue weighted by Gasteiger charge is -2.50. The van der Waals surface area contributed by atoms with Gasteiger partial charge in [-0.3, -0.25) is 24.0 Å². The summed E-state index contributed by atoms with van der Waals surface area (Å²) in [5.74, 6) is -6.85. The zero-order valence-electron chi connectivity index (χ0n) is 25.2. The van der Waals surface area contributed by atoms with Gasteiger partial charge in [0.1, 0.15) is 36.4 Å². The molecule has 8 N–H and O–H groups in total. The molecule has 0 saturated carbocycles. The van der Waals surface area contributed by atoms with Gasteiger partial charge in [0.05, 0.1) is 6.61 Å². The van der Waals surface area contributed by atoms with Gasteiger partial charge < -0.3 is 55.9 Å². The predicted molar refractivity (Wildman–Crippen MR) is 152 cm³/mol. The fourth-order valence-electron chi connectivity index (χ4n) is 4.64. The summed E-state index contributed by atoms with van der Waals surface area (Å²) in [6, 6.07) is 3.30. The minimum Gasteiger partial charge on any atom is -0.481 e. The molecule has 0 spiro atoms. The average Bonchev–Trinajstić information content (AvgIpc) is 2.98. The van der Waals surface area contributed by atoms with Crippen LogP contribution < -0.4 is 21.3 Å². The molecule has 2 rings (SSSR count). The third-order valence-electron chi connectivity index (χ3n) is 7.03. The molecule has 45 heavy (non-hydrogen) atoms. The number of carbonyl (C=O) groups is 6. The third kappa shape index (κ3) is 10.4. The Morgan fingerprint density at radius 1 is 0.978 bits per heavy atom. The van der Waals surface area contributed by atoms with Gasteiger partial charge in [0.2, 0.25) is 17.7 Å². The molecule has 17 nitrogen and oxygen atoms in total. The molecule has 1 aliphatic rings. The molecule has 0 aromatic heterocycles. The van der Waals surface area contributed by atoms with E-state index in [-0.39, 0.29) is 12.8 Å². The summed E-state index contributed by atoms with van der Waals surface area (Å²) in [4.78, 5) is 72.8. The highest BCUT2D eigenvalue weighted by Gasteiger charge is 2.57. The lowest BCUT2D eigenvalue weighted by molar-refractivity contribution is -0.326. The number of carboxylic acid groups (broad SMARTS) is 2. The minimum atomic E-state index is -1.73. The van der Waals surface area contributed by atoms with Crippen molar-refractivity contribution in [1.29, 1.82) is 0 Å². The maximum atomic E-state index is 13.0. The number of aliphatic carboxylic acids is 2. The van der Waals surface area contributed by atoms with Crippen molar-refractivity contribution in [3.8, 4) is 0 Å². The molecule has 0 aliphatic carbocycles. The van der Waals surface area contributed by atoms with Gasteiger partial charge in [-0.05, 0) is 25.8 Å². The Hall–Kier alpha value is -4.32. The van der Waals surface area contributed by atoms with Crippen molar-refractivity contribution in [3.63, 3.8) is 0 Å². The van der Waals surface area contributed by atoms with E-state index in [1.54, 1.807) is 30.3 Å². The first-order valence-electron chi connectivity index (χ1n) is 14.0. The molecule has 8 atom stereocenters. The molecule has 17 heteroatoms. The second-order valence-corrected chi connectivity index (χ2v) is 10.5. The van der Waals surface area contributed by atoms with Crippen molar-refractivity contribution in [3.05, 3.63) is 35.9 Å². The average molecular weight is 641 g/mol. The van der Waals surface area contributed by atoms with Crippen LogP contribution in [0, 0.1) is 0 Å². The Kier molecular flexibility index (Phi) is 13.7. The summed E-state index contributed by atoms with van der Waals surface area (Å²) in [5, 5.41) is 48.2. The number of rotatable bonds is 15. The maximum Gasteiger partial charge on any atom is 0.408 e. The quantitative estimate of drug-likeness (QED) is 0.106. The zero-order chi connectivity index (χ0) is 33.9. The van der Waals surface area contributed by atoms with Crippen molar-refractivity contribution < 1.29 is 63.4 Å². The predicted octanol–water partition coefficient (Wildman–Crippen LogP) is -1.75. The van der Waals surface area contributed by atoms with E-state index < -0.39 is 97.0 Å². The van der Waals surface area contributed by atoms with Gasteiger partial charge in [-0.25, -0.2) is 4.79 Å². The molecule has 1 fully saturated rings. The summed E-state index contributed by atoms with van der Waals surface area (Å²) >= 11 is 0. The number of aliphatic hydroxyl groups excluding tert-OH is 2. The van der Waals surface area contributed by atoms with E-state index in [0.717, 1.165) is 0 Å². The second kappa shape index (κ2) is 16.7. The normalized spacial score (nSPS) is 24.7. The lowest BCUT2D eigenvalue weighted by Crippen LogP contribution is -2.72. The van der Waals surface area contributed by atoms with Crippen LogP contribution in [0.3, 0.4) is 0 Å². The highest BCUT2D eigenvalue weighted by atomic mass is 16.7. The van der Waals surface area contributed by atoms with E-state index in [0.29, 0.717) is 5.56 Å². The Labute approximate surface area is 258 Å². The molecule has 1 aliphatic heterocycles. The molecule has 3 unspecified atom stereocenters. The Bertz CT molecular complexity index is 1220. The van der Waals surface area contributed by atoms with Gasteiger partial charge in [-0.1, -0.05) is 30.3 Å². The highest BCUT2D eigenvalue weighted by molar-refractivity contribution is 5.92. The molecule has 0 bridgehead atoms. The number of amides is 4. The molecular formula is C28H40N4O13. The first-order chi connectivity index (χ1) is 21.1. The fraction of sp³-hybridized carbons (Fsp3) is 0.571. The number of carbonyl (C=O) groups excluding carboxylic acids is 4. The Balaban J connectivity index is 2.25. The Morgan fingerprint density at radius 2 is 1.62 bits per heavy atom. The molecule has 4 amide bonds. The molecule has 0 radical (unpaired) electrons.